The molecule has 2 aromatic carbocycles. The van der Waals surface area contributed by atoms with E-state index in [1.165, 1.54) is 18.2 Å². The lowest BCUT2D eigenvalue weighted by molar-refractivity contribution is 0.479. The van der Waals surface area contributed by atoms with E-state index < -0.39 is 5.82 Å². The Hall–Kier alpha value is -1.88. The lowest BCUT2D eigenvalue weighted by Crippen LogP contribution is -2.12. The zero-order valence-electron chi connectivity index (χ0n) is 10.2. The second kappa shape index (κ2) is 5.40. The Kier molecular flexibility index (Phi) is 3.85. The number of hydrogen-bond donors (Lipinski definition) is 2. The van der Waals surface area contributed by atoms with Crippen molar-refractivity contribution in [2.75, 3.05) is 0 Å². The van der Waals surface area contributed by atoms with Gasteiger partial charge in [0.25, 0.3) is 0 Å². The second-order valence-corrected chi connectivity index (χ2v) is 4.92. The predicted molar refractivity (Wildman–Crippen MR) is 76.4 cm³/mol. The van der Waals surface area contributed by atoms with E-state index in [1.54, 1.807) is 6.07 Å². The van der Waals surface area contributed by atoms with Crippen molar-refractivity contribution in [1.29, 1.82) is 5.41 Å². The van der Waals surface area contributed by atoms with Crippen LogP contribution in [0.4, 0.5) is 4.39 Å². The first-order chi connectivity index (χ1) is 8.97. The largest absolute Gasteiger partial charge is 0.457 e. The number of amidine groups is 1. The van der Waals surface area contributed by atoms with E-state index in [4.69, 9.17) is 15.9 Å². The summed E-state index contributed by atoms with van der Waals surface area (Å²) in [6.45, 7) is 1.94. The van der Waals surface area contributed by atoms with Gasteiger partial charge in [-0.2, -0.15) is 0 Å². The monoisotopic (exact) mass is 322 g/mol. The molecule has 98 valence electrons. The average Bonchev–Trinajstić information content (AvgIpc) is 2.36. The molecule has 3 N–H and O–H groups in total. The summed E-state index contributed by atoms with van der Waals surface area (Å²) in [5.41, 5.74) is 6.67. The molecule has 0 atom stereocenters. The van der Waals surface area contributed by atoms with Crippen LogP contribution in [0.2, 0.25) is 0 Å². The Balaban J connectivity index is 2.37. The van der Waals surface area contributed by atoms with Crippen molar-refractivity contribution in [3.8, 4) is 11.5 Å². The van der Waals surface area contributed by atoms with Crippen LogP contribution in [0.1, 0.15) is 11.1 Å². The number of hydrogen-bond acceptors (Lipinski definition) is 2. The van der Waals surface area contributed by atoms with E-state index in [-0.39, 0.29) is 11.4 Å². The zero-order valence-corrected chi connectivity index (χ0v) is 11.8. The second-order valence-electron chi connectivity index (χ2n) is 4.07. The van der Waals surface area contributed by atoms with Gasteiger partial charge in [0.1, 0.15) is 23.2 Å². The minimum absolute atomic E-state index is 0.233. The maximum absolute atomic E-state index is 13.1. The third-order valence-corrected chi connectivity index (χ3v) is 3.48. The maximum atomic E-state index is 13.1. The third-order valence-electron chi connectivity index (χ3n) is 2.59. The molecule has 2 rings (SSSR count). The van der Waals surface area contributed by atoms with E-state index in [2.05, 4.69) is 15.9 Å². The van der Waals surface area contributed by atoms with Gasteiger partial charge in [-0.1, -0.05) is 15.9 Å². The molecular formula is C14H12BrFN2O. The molecule has 0 saturated carbocycles. The average molecular weight is 323 g/mol. The van der Waals surface area contributed by atoms with Crippen LogP contribution in [0, 0.1) is 18.2 Å². The fourth-order valence-corrected chi connectivity index (χ4v) is 1.86. The van der Waals surface area contributed by atoms with E-state index in [0.29, 0.717) is 11.5 Å². The fourth-order valence-electron chi connectivity index (χ4n) is 1.61. The van der Waals surface area contributed by atoms with Crippen LogP contribution in [0.3, 0.4) is 0 Å². The molecule has 0 aliphatic rings. The normalized spacial score (nSPS) is 10.3. The van der Waals surface area contributed by atoms with Crippen molar-refractivity contribution in [1.82, 2.24) is 0 Å². The molecule has 5 heteroatoms. The Bertz CT molecular complexity index is 643. The Morgan fingerprint density at radius 3 is 2.63 bits per heavy atom. The molecule has 19 heavy (non-hydrogen) atoms. The predicted octanol–water partition coefficient (Wildman–Crippen LogP) is 3.97. The van der Waals surface area contributed by atoms with Gasteiger partial charge in [-0.25, -0.2) is 4.39 Å². The van der Waals surface area contributed by atoms with Gasteiger partial charge in [0, 0.05) is 4.47 Å². The lowest BCUT2D eigenvalue weighted by Gasteiger charge is -2.11. The molecule has 0 bridgehead atoms. The SMILES string of the molecule is Cc1cc(Oc2ccc(F)cc2C(=N)N)ccc1Br. The molecule has 0 heterocycles. The fraction of sp³-hybridized carbons (Fsp3) is 0.0714. The molecule has 0 aliphatic carbocycles. The van der Waals surface area contributed by atoms with Crippen molar-refractivity contribution in [2.24, 2.45) is 5.73 Å². The van der Waals surface area contributed by atoms with Gasteiger partial charge in [0.05, 0.1) is 5.56 Å². The van der Waals surface area contributed by atoms with Crippen molar-refractivity contribution in [2.45, 2.75) is 6.92 Å². The molecule has 0 radical (unpaired) electrons. The standard InChI is InChI=1S/C14H12BrFN2O/c1-8-6-10(3-4-12(8)15)19-13-5-2-9(16)7-11(13)14(17)18/h2-7H,1H3,(H3,17,18). The number of nitrogens with one attached hydrogen (secondary N) is 1. The van der Waals surface area contributed by atoms with E-state index in [0.717, 1.165) is 10.0 Å². The smallest absolute Gasteiger partial charge is 0.138 e. The molecule has 0 amide bonds. The summed E-state index contributed by atoms with van der Waals surface area (Å²) in [4.78, 5) is 0. The summed E-state index contributed by atoms with van der Waals surface area (Å²) < 4.78 is 19.8. The highest BCUT2D eigenvalue weighted by molar-refractivity contribution is 9.10. The Labute approximate surface area is 118 Å². The molecule has 2 aromatic rings. The van der Waals surface area contributed by atoms with Crippen LogP contribution in [-0.4, -0.2) is 5.84 Å². The molecule has 0 unspecified atom stereocenters. The Morgan fingerprint density at radius 2 is 2.00 bits per heavy atom. The van der Waals surface area contributed by atoms with Crippen LogP contribution in [0.25, 0.3) is 0 Å². The number of halogens is 2. The number of benzene rings is 2. The van der Waals surface area contributed by atoms with E-state index in [9.17, 15) is 4.39 Å². The van der Waals surface area contributed by atoms with Crippen molar-refractivity contribution >= 4 is 21.8 Å². The van der Waals surface area contributed by atoms with Crippen LogP contribution >= 0.6 is 15.9 Å². The summed E-state index contributed by atoms with van der Waals surface area (Å²) in [6.07, 6.45) is 0. The van der Waals surface area contributed by atoms with Gasteiger partial charge < -0.3 is 10.5 Å². The van der Waals surface area contributed by atoms with Crippen LogP contribution in [0.5, 0.6) is 11.5 Å². The van der Waals surface area contributed by atoms with E-state index in [1.807, 2.05) is 19.1 Å². The summed E-state index contributed by atoms with van der Waals surface area (Å²) in [5, 5.41) is 7.44. The summed E-state index contributed by atoms with van der Waals surface area (Å²) in [5.74, 6) is 0.276. The van der Waals surface area contributed by atoms with Gasteiger partial charge in [-0.15, -0.1) is 0 Å². The Morgan fingerprint density at radius 1 is 1.26 bits per heavy atom. The molecule has 0 aromatic heterocycles. The molecule has 0 spiro atoms. The van der Waals surface area contributed by atoms with E-state index >= 15 is 0 Å². The highest BCUT2D eigenvalue weighted by Crippen LogP contribution is 2.28. The summed E-state index contributed by atoms with van der Waals surface area (Å²) in [6, 6.07) is 9.41. The molecule has 0 aliphatic heterocycles. The molecule has 0 fully saturated rings. The number of nitrogen functional groups attached to an aromatic ring is 1. The minimum atomic E-state index is -0.454. The highest BCUT2D eigenvalue weighted by Gasteiger charge is 2.09. The van der Waals surface area contributed by atoms with Crippen LogP contribution < -0.4 is 10.5 Å². The zero-order chi connectivity index (χ0) is 14.0. The van der Waals surface area contributed by atoms with Gasteiger partial charge >= 0.3 is 0 Å². The van der Waals surface area contributed by atoms with Gasteiger partial charge in [-0.3, -0.25) is 5.41 Å². The van der Waals surface area contributed by atoms with Crippen molar-refractivity contribution in [3.63, 3.8) is 0 Å². The van der Waals surface area contributed by atoms with Gasteiger partial charge in [0.2, 0.25) is 0 Å². The van der Waals surface area contributed by atoms with Gasteiger partial charge in [-0.05, 0) is 48.9 Å². The number of ether oxygens (including phenoxy) is 1. The number of nitrogens with two attached hydrogens (primary N) is 1. The summed E-state index contributed by atoms with van der Waals surface area (Å²) in [7, 11) is 0. The minimum Gasteiger partial charge on any atom is -0.457 e. The van der Waals surface area contributed by atoms with Crippen LogP contribution in [0.15, 0.2) is 40.9 Å². The summed E-state index contributed by atoms with van der Waals surface area (Å²) >= 11 is 3.40. The maximum Gasteiger partial charge on any atom is 0.138 e. The number of aryl methyl sites for hydroxylation is 1. The molecule has 0 saturated heterocycles. The third kappa shape index (κ3) is 3.12. The van der Waals surface area contributed by atoms with Crippen molar-refractivity contribution < 1.29 is 9.13 Å². The molecular weight excluding hydrogens is 311 g/mol. The van der Waals surface area contributed by atoms with Crippen LogP contribution in [-0.2, 0) is 0 Å². The quantitative estimate of drug-likeness (QED) is 0.663. The topological polar surface area (TPSA) is 59.1 Å². The van der Waals surface area contributed by atoms with Crippen molar-refractivity contribution in [3.05, 3.63) is 57.8 Å². The highest BCUT2D eigenvalue weighted by atomic mass is 79.9. The first kappa shape index (κ1) is 13.5. The number of rotatable bonds is 3. The first-order valence-corrected chi connectivity index (χ1v) is 6.34. The van der Waals surface area contributed by atoms with Gasteiger partial charge in [0.15, 0.2) is 0 Å². The molecule has 3 nitrogen and oxygen atoms in total. The lowest BCUT2D eigenvalue weighted by atomic mass is 10.1. The first-order valence-electron chi connectivity index (χ1n) is 5.55.